The Hall–Kier alpha value is -1.13. The van der Waals surface area contributed by atoms with Gasteiger partial charge in [0, 0.05) is 48.8 Å². The second-order valence-corrected chi connectivity index (χ2v) is 14.1. The van der Waals surface area contributed by atoms with Crippen LogP contribution >= 0.6 is 34.0 Å². The highest BCUT2D eigenvalue weighted by atomic mass is 35.5. The average molecular weight is 684 g/mol. The zero-order chi connectivity index (χ0) is 31.2. The number of hydrogen-bond donors (Lipinski definition) is 4. The fraction of sp³-hybridized carbons (Fsp3) is 0.667. The molecule has 0 aromatic heterocycles. The van der Waals surface area contributed by atoms with Gasteiger partial charge < -0.3 is 30.7 Å². The first-order chi connectivity index (χ1) is 21.8. The van der Waals surface area contributed by atoms with E-state index in [1.54, 1.807) is 14.2 Å². The van der Waals surface area contributed by atoms with Gasteiger partial charge in [-0.15, -0.1) is 12.4 Å². The van der Waals surface area contributed by atoms with Crippen LogP contribution in [0.25, 0.3) is 0 Å². The van der Waals surface area contributed by atoms with Gasteiger partial charge in [-0.3, -0.25) is 0 Å². The van der Waals surface area contributed by atoms with Crippen molar-refractivity contribution in [2.24, 2.45) is 0 Å². The molecule has 0 aliphatic carbocycles. The van der Waals surface area contributed by atoms with E-state index in [-0.39, 0.29) is 12.4 Å². The molecule has 0 saturated carbocycles. The molecule has 258 valence electrons. The molecule has 0 fully saturated rings. The Morgan fingerprint density at radius 3 is 1.16 bits per heavy atom. The van der Waals surface area contributed by atoms with Crippen LogP contribution in [-0.4, -0.2) is 65.0 Å². The predicted octanol–water partition coefficient (Wildman–Crippen LogP) is 8.25. The van der Waals surface area contributed by atoms with E-state index in [4.69, 9.17) is 9.47 Å². The number of benzene rings is 2. The highest BCUT2D eigenvalue weighted by molar-refractivity contribution is 8.76. The van der Waals surface area contributed by atoms with Crippen molar-refractivity contribution < 1.29 is 9.47 Å². The summed E-state index contributed by atoms with van der Waals surface area (Å²) in [7, 11) is 7.50. The second-order valence-electron chi connectivity index (χ2n) is 11.4. The van der Waals surface area contributed by atoms with Crippen LogP contribution < -0.4 is 30.7 Å². The molecular formula is C36H63ClN4O2S2. The van der Waals surface area contributed by atoms with E-state index in [1.165, 1.54) is 99.7 Å². The highest BCUT2D eigenvalue weighted by Gasteiger charge is 2.02. The monoisotopic (exact) mass is 682 g/mol. The van der Waals surface area contributed by atoms with Crippen molar-refractivity contribution in [3.05, 3.63) is 59.7 Å². The maximum absolute atomic E-state index is 5.41. The standard InChI is InChI=1S/C36H62N4O2S2.ClH/c1-41-35-21-13-11-19-33(35)31-39-25-17-9-5-3-7-15-23-37-27-29-43-44-30-28-38-24-16-8-4-6-10-18-26-40-32-34-20-12-14-22-36(34)42-2;/h11-14,19-22,37-40H,3-10,15-18,23-32H2,1-2H3;1H. The summed E-state index contributed by atoms with van der Waals surface area (Å²) in [5, 5.41) is 14.3. The lowest BCUT2D eigenvalue weighted by molar-refractivity contribution is 0.407. The molecule has 0 unspecified atom stereocenters. The fourth-order valence-corrected chi connectivity index (χ4v) is 7.05. The van der Waals surface area contributed by atoms with Crippen LogP contribution in [0.1, 0.15) is 88.2 Å². The summed E-state index contributed by atoms with van der Waals surface area (Å²) < 4.78 is 10.8. The van der Waals surface area contributed by atoms with Crippen LogP contribution in [0.3, 0.4) is 0 Å². The van der Waals surface area contributed by atoms with Crippen LogP contribution in [-0.2, 0) is 13.1 Å². The quantitative estimate of drug-likeness (QED) is 0.0469. The zero-order valence-electron chi connectivity index (χ0n) is 28.2. The summed E-state index contributed by atoms with van der Waals surface area (Å²) in [6.07, 6.45) is 15.9. The summed E-state index contributed by atoms with van der Waals surface area (Å²) in [5.41, 5.74) is 2.47. The summed E-state index contributed by atoms with van der Waals surface area (Å²) in [6.45, 7) is 8.51. The molecule has 0 aliphatic heterocycles. The molecule has 0 bridgehead atoms. The molecule has 9 heteroatoms. The maximum Gasteiger partial charge on any atom is 0.123 e. The summed E-state index contributed by atoms with van der Waals surface area (Å²) >= 11 is 0. The van der Waals surface area contributed by atoms with Gasteiger partial charge in [0.1, 0.15) is 11.5 Å². The molecular weight excluding hydrogens is 620 g/mol. The molecule has 45 heavy (non-hydrogen) atoms. The van der Waals surface area contributed by atoms with E-state index in [2.05, 4.69) is 45.5 Å². The number of hydrogen-bond acceptors (Lipinski definition) is 8. The van der Waals surface area contributed by atoms with Gasteiger partial charge in [0.15, 0.2) is 0 Å². The zero-order valence-corrected chi connectivity index (χ0v) is 30.7. The van der Waals surface area contributed by atoms with E-state index >= 15 is 0 Å². The molecule has 4 N–H and O–H groups in total. The van der Waals surface area contributed by atoms with Gasteiger partial charge in [-0.25, -0.2) is 0 Å². The van der Waals surface area contributed by atoms with Crippen LogP contribution in [0, 0.1) is 0 Å². The Kier molecular flexibility index (Phi) is 29.3. The lowest BCUT2D eigenvalue weighted by atomic mass is 10.1. The molecule has 0 amide bonds. The molecule has 0 aliphatic rings. The first-order valence-electron chi connectivity index (χ1n) is 17.2. The third kappa shape index (κ3) is 22.9. The van der Waals surface area contributed by atoms with Crippen molar-refractivity contribution in [3.8, 4) is 11.5 Å². The molecule has 0 heterocycles. The minimum Gasteiger partial charge on any atom is -0.496 e. The van der Waals surface area contributed by atoms with Gasteiger partial charge in [-0.2, -0.15) is 0 Å². The number of nitrogens with one attached hydrogen (secondary N) is 4. The number of rotatable bonds is 31. The second kappa shape index (κ2) is 31.5. The van der Waals surface area contributed by atoms with E-state index in [9.17, 15) is 0 Å². The van der Waals surface area contributed by atoms with E-state index in [0.717, 1.165) is 63.9 Å². The minimum atomic E-state index is 0. The normalized spacial score (nSPS) is 11.0. The number of methoxy groups -OCH3 is 2. The molecule has 2 aromatic carbocycles. The molecule has 0 radical (unpaired) electrons. The van der Waals surface area contributed by atoms with Crippen LogP contribution in [0.4, 0.5) is 0 Å². The van der Waals surface area contributed by atoms with Gasteiger partial charge in [-0.05, 0) is 64.0 Å². The topological polar surface area (TPSA) is 66.6 Å². The molecule has 2 rings (SSSR count). The van der Waals surface area contributed by atoms with Crippen molar-refractivity contribution in [3.63, 3.8) is 0 Å². The Morgan fingerprint density at radius 1 is 0.444 bits per heavy atom. The molecule has 0 atom stereocenters. The van der Waals surface area contributed by atoms with E-state index in [0.29, 0.717) is 0 Å². The van der Waals surface area contributed by atoms with Gasteiger partial charge in [-0.1, -0.05) is 109 Å². The third-order valence-electron chi connectivity index (χ3n) is 7.74. The Bertz CT molecular complexity index is 855. The lowest BCUT2D eigenvalue weighted by Gasteiger charge is -2.09. The average Bonchev–Trinajstić information content (AvgIpc) is 3.06. The van der Waals surface area contributed by atoms with Gasteiger partial charge >= 0.3 is 0 Å². The van der Waals surface area contributed by atoms with Gasteiger partial charge in [0.05, 0.1) is 14.2 Å². The smallest absolute Gasteiger partial charge is 0.123 e. The SMILES string of the molecule is COc1ccccc1CNCCCCCCCCNCCSSCCNCCCCCCCCNCc1ccccc1OC.Cl. The maximum atomic E-state index is 5.41. The van der Waals surface area contributed by atoms with Crippen molar-refractivity contribution >= 4 is 34.0 Å². The first kappa shape index (κ1) is 41.9. The Morgan fingerprint density at radius 2 is 0.778 bits per heavy atom. The summed E-state index contributed by atoms with van der Waals surface area (Å²) in [5.74, 6) is 4.35. The molecule has 0 saturated heterocycles. The van der Waals surface area contributed by atoms with Crippen LogP contribution in [0.15, 0.2) is 48.5 Å². The number of para-hydroxylation sites is 2. The van der Waals surface area contributed by atoms with Crippen molar-refractivity contribution in [2.75, 3.05) is 65.0 Å². The van der Waals surface area contributed by atoms with Crippen LogP contribution in [0.2, 0.25) is 0 Å². The Balaban J connectivity index is 0.0000101. The first-order valence-corrected chi connectivity index (χ1v) is 19.6. The summed E-state index contributed by atoms with van der Waals surface area (Å²) in [6, 6.07) is 16.5. The van der Waals surface area contributed by atoms with Gasteiger partial charge in [0.25, 0.3) is 0 Å². The van der Waals surface area contributed by atoms with Gasteiger partial charge in [0.2, 0.25) is 0 Å². The molecule has 2 aromatic rings. The number of unbranched alkanes of at least 4 members (excludes halogenated alkanes) is 10. The number of ether oxygens (including phenoxy) is 2. The number of halogens is 1. The predicted molar refractivity (Wildman–Crippen MR) is 203 cm³/mol. The van der Waals surface area contributed by atoms with Crippen LogP contribution in [0.5, 0.6) is 11.5 Å². The third-order valence-corrected chi connectivity index (χ3v) is 10.1. The van der Waals surface area contributed by atoms with Crippen molar-refractivity contribution in [1.29, 1.82) is 0 Å². The highest BCUT2D eigenvalue weighted by Crippen LogP contribution is 2.20. The molecule has 6 nitrogen and oxygen atoms in total. The van der Waals surface area contributed by atoms with E-state index in [1.807, 2.05) is 45.9 Å². The lowest BCUT2D eigenvalue weighted by Crippen LogP contribution is -2.19. The Labute approximate surface area is 289 Å². The summed E-state index contributed by atoms with van der Waals surface area (Å²) in [4.78, 5) is 0. The van der Waals surface area contributed by atoms with E-state index < -0.39 is 0 Å². The van der Waals surface area contributed by atoms with Crippen molar-refractivity contribution in [1.82, 2.24) is 21.3 Å². The fourth-order valence-electron chi connectivity index (χ4n) is 5.15. The largest absolute Gasteiger partial charge is 0.496 e. The minimum absolute atomic E-state index is 0. The van der Waals surface area contributed by atoms with Crippen molar-refractivity contribution in [2.45, 2.75) is 90.1 Å². The molecule has 0 spiro atoms.